The zero-order valence-corrected chi connectivity index (χ0v) is 12.7. The summed E-state index contributed by atoms with van der Waals surface area (Å²) < 4.78 is 5.70. The molecular weight excluding hydrogens is 236 g/mol. The van der Waals surface area contributed by atoms with E-state index in [4.69, 9.17) is 10.5 Å². The molecule has 0 fully saturated rings. The fourth-order valence-electron chi connectivity index (χ4n) is 2.16. The van der Waals surface area contributed by atoms with Gasteiger partial charge < -0.3 is 10.5 Å². The molecule has 0 aromatic heterocycles. The average molecular weight is 264 g/mol. The molecule has 0 amide bonds. The first kappa shape index (κ1) is 16.0. The van der Waals surface area contributed by atoms with Gasteiger partial charge in [-0.3, -0.25) is 4.90 Å². The maximum atomic E-state index is 5.97. The minimum atomic E-state index is 0.250. The third kappa shape index (κ3) is 4.51. The molecule has 0 aliphatic carbocycles. The molecule has 1 aromatic carbocycles. The van der Waals surface area contributed by atoms with E-state index in [1.165, 1.54) is 5.56 Å². The van der Waals surface area contributed by atoms with E-state index in [0.29, 0.717) is 12.6 Å². The number of benzene rings is 1. The Bertz CT molecular complexity index is 368. The van der Waals surface area contributed by atoms with Crippen molar-refractivity contribution in [3.63, 3.8) is 0 Å². The lowest BCUT2D eigenvalue weighted by Gasteiger charge is -2.32. The van der Waals surface area contributed by atoms with Crippen LogP contribution in [0.1, 0.15) is 45.2 Å². The molecule has 0 aliphatic rings. The largest absolute Gasteiger partial charge is 0.494 e. The fraction of sp³-hybridized carbons (Fsp3) is 0.625. The highest BCUT2D eigenvalue weighted by molar-refractivity contribution is 5.31. The van der Waals surface area contributed by atoms with Gasteiger partial charge >= 0.3 is 0 Å². The topological polar surface area (TPSA) is 38.5 Å². The van der Waals surface area contributed by atoms with E-state index >= 15 is 0 Å². The van der Waals surface area contributed by atoms with Crippen molar-refractivity contribution >= 4 is 0 Å². The van der Waals surface area contributed by atoms with Crippen molar-refractivity contribution < 1.29 is 4.74 Å². The molecule has 3 nitrogen and oxygen atoms in total. The van der Waals surface area contributed by atoms with Crippen LogP contribution in [0, 0.1) is 0 Å². The summed E-state index contributed by atoms with van der Waals surface area (Å²) in [6, 6.07) is 9.08. The lowest BCUT2D eigenvalue weighted by molar-refractivity contribution is 0.184. The van der Waals surface area contributed by atoms with Gasteiger partial charge in [0.25, 0.3) is 0 Å². The summed E-state index contributed by atoms with van der Waals surface area (Å²) >= 11 is 0. The first-order valence-electron chi connectivity index (χ1n) is 7.28. The minimum Gasteiger partial charge on any atom is -0.494 e. The van der Waals surface area contributed by atoms with Crippen LogP contribution >= 0.6 is 0 Å². The molecule has 2 N–H and O–H groups in total. The fourth-order valence-corrected chi connectivity index (χ4v) is 2.16. The molecule has 1 aromatic rings. The monoisotopic (exact) mass is 264 g/mol. The molecule has 0 heterocycles. The maximum absolute atomic E-state index is 5.97. The predicted octanol–water partition coefficient (Wildman–Crippen LogP) is 3.21. The zero-order chi connectivity index (χ0) is 14.3. The summed E-state index contributed by atoms with van der Waals surface area (Å²) in [5.41, 5.74) is 7.20. The highest BCUT2D eigenvalue weighted by Crippen LogP contribution is 2.24. The third-order valence-corrected chi connectivity index (χ3v) is 3.72. The molecule has 0 aliphatic heterocycles. The van der Waals surface area contributed by atoms with Crippen molar-refractivity contribution in [2.45, 2.75) is 45.7 Å². The van der Waals surface area contributed by atoms with Crippen molar-refractivity contribution in [3.05, 3.63) is 29.8 Å². The standard InChI is InChI=1S/C16H28N2O/c1-5-10-19-15-9-7-8-14(11-15)16(12-17)18(4)13(3)6-2/h7-9,11,13,16H,5-6,10,12,17H2,1-4H3. The summed E-state index contributed by atoms with van der Waals surface area (Å²) in [5, 5.41) is 0. The Morgan fingerprint density at radius 3 is 2.63 bits per heavy atom. The second-order valence-corrected chi connectivity index (χ2v) is 5.10. The van der Waals surface area contributed by atoms with Gasteiger partial charge in [-0.2, -0.15) is 0 Å². The highest BCUT2D eigenvalue weighted by Gasteiger charge is 2.19. The highest BCUT2D eigenvalue weighted by atomic mass is 16.5. The van der Waals surface area contributed by atoms with Gasteiger partial charge in [0, 0.05) is 18.6 Å². The van der Waals surface area contributed by atoms with E-state index in [9.17, 15) is 0 Å². The molecule has 2 unspecified atom stereocenters. The van der Waals surface area contributed by atoms with Crippen LogP contribution in [0.25, 0.3) is 0 Å². The van der Waals surface area contributed by atoms with Crippen LogP contribution in [0.4, 0.5) is 0 Å². The van der Waals surface area contributed by atoms with Crippen LogP contribution in [-0.2, 0) is 0 Å². The summed E-state index contributed by atoms with van der Waals surface area (Å²) in [5.74, 6) is 0.940. The number of ether oxygens (including phenoxy) is 1. The third-order valence-electron chi connectivity index (χ3n) is 3.72. The van der Waals surface area contributed by atoms with Gasteiger partial charge in [0.2, 0.25) is 0 Å². The molecule has 19 heavy (non-hydrogen) atoms. The number of hydrogen-bond acceptors (Lipinski definition) is 3. The Hall–Kier alpha value is -1.06. The first-order valence-corrected chi connectivity index (χ1v) is 7.28. The van der Waals surface area contributed by atoms with Gasteiger partial charge in [-0.15, -0.1) is 0 Å². The Labute approximate surface area is 117 Å². The second-order valence-electron chi connectivity index (χ2n) is 5.10. The Balaban J connectivity index is 2.85. The minimum absolute atomic E-state index is 0.250. The van der Waals surface area contributed by atoms with E-state index in [1.807, 2.05) is 12.1 Å². The molecule has 0 radical (unpaired) electrons. The van der Waals surface area contributed by atoms with Gasteiger partial charge in [-0.05, 0) is 44.5 Å². The number of likely N-dealkylation sites (N-methyl/N-ethyl adjacent to an activating group) is 1. The van der Waals surface area contributed by atoms with Gasteiger partial charge in [-0.1, -0.05) is 26.0 Å². The molecule has 0 spiro atoms. The Kier molecular flexibility index (Phi) is 6.89. The molecule has 108 valence electrons. The van der Waals surface area contributed by atoms with E-state index in [-0.39, 0.29) is 6.04 Å². The van der Waals surface area contributed by atoms with Gasteiger partial charge in [0.15, 0.2) is 0 Å². The van der Waals surface area contributed by atoms with E-state index in [1.54, 1.807) is 0 Å². The van der Waals surface area contributed by atoms with Crippen LogP contribution in [0.5, 0.6) is 5.75 Å². The van der Waals surface area contributed by atoms with Crippen molar-refractivity contribution in [1.29, 1.82) is 0 Å². The van der Waals surface area contributed by atoms with Gasteiger partial charge in [-0.25, -0.2) is 0 Å². The average Bonchev–Trinajstić information content (AvgIpc) is 2.45. The lowest BCUT2D eigenvalue weighted by Crippen LogP contribution is -2.36. The lowest BCUT2D eigenvalue weighted by atomic mass is 10.0. The Morgan fingerprint density at radius 2 is 2.05 bits per heavy atom. The molecular formula is C16H28N2O. The predicted molar refractivity (Wildman–Crippen MR) is 81.5 cm³/mol. The van der Waals surface area contributed by atoms with Crippen molar-refractivity contribution in [1.82, 2.24) is 4.90 Å². The van der Waals surface area contributed by atoms with Crippen LogP contribution < -0.4 is 10.5 Å². The zero-order valence-electron chi connectivity index (χ0n) is 12.7. The second kappa shape index (κ2) is 8.18. The number of nitrogens with two attached hydrogens (primary N) is 1. The SMILES string of the molecule is CCCOc1cccc(C(CN)N(C)C(C)CC)c1. The van der Waals surface area contributed by atoms with Crippen molar-refractivity contribution in [3.8, 4) is 5.75 Å². The normalized spacial score (nSPS) is 14.4. The molecule has 0 bridgehead atoms. The molecule has 0 saturated heterocycles. The van der Waals surface area contributed by atoms with Crippen LogP contribution in [0.3, 0.4) is 0 Å². The first-order chi connectivity index (χ1) is 9.13. The Morgan fingerprint density at radius 1 is 1.32 bits per heavy atom. The molecule has 2 atom stereocenters. The van der Waals surface area contributed by atoms with E-state index < -0.39 is 0 Å². The molecule has 3 heteroatoms. The quantitative estimate of drug-likeness (QED) is 0.783. The number of rotatable bonds is 8. The van der Waals surface area contributed by atoms with Crippen molar-refractivity contribution in [2.24, 2.45) is 5.73 Å². The summed E-state index contributed by atoms with van der Waals surface area (Å²) in [4.78, 5) is 2.35. The maximum Gasteiger partial charge on any atom is 0.119 e. The van der Waals surface area contributed by atoms with Gasteiger partial charge in [0.1, 0.15) is 5.75 Å². The van der Waals surface area contributed by atoms with Crippen LogP contribution in [0.15, 0.2) is 24.3 Å². The summed E-state index contributed by atoms with van der Waals surface area (Å²) in [6.45, 7) is 7.94. The van der Waals surface area contributed by atoms with Crippen LogP contribution in [-0.4, -0.2) is 31.1 Å². The molecule has 0 saturated carbocycles. The van der Waals surface area contributed by atoms with Crippen LogP contribution in [0.2, 0.25) is 0 Å². The summed E-state index contributed by atoms with van der Waals surface area (Å²) in [7, 11) is 2.14. The van der Waals surface area contributed by atoms with Crippen molar-refractivity contribution in [2.75, 3.05) is 20.2 Å². The molecule has 1 rings (SSSR count). The number of hydrogen-bond donors (Lipinski definition) is 1. The van der Waals surface area contributed by atoms with E-state index in [2.05, 4.69) is 44.9 Å². The smallest absolute Gasteiger partial charge is 0.119 e. The number of nitrogens with zero attached hydrogens (tertiary/aromatic N) is 1. The van der Waals surface area contributed by atoms with Gasteiger partial charge in [0.05, 0.1) is 6.61 Å². The van der Waals surface area contributed by atoms with E-state index in [0.717, 1.165) is 25.2 Å². The summed E-state index contributed by atoms with van der Waals surface area (Å²) in [6.07, 6.45) is 2.15.